The van der Waals surface area contributed by atoms with Crippen LogP contribution in [0.2, 0.25) is 0 Å². The number of hydrogen-bond donors (Lipinski definition) is 2. The predicted molar refractivity (Wildman–Crippen MR) is 95.7 cm³/mol. The molecule has 1 aliphatic rings. The molecule has 0 spiro atoms. The Bertz CT molecular complexity index is 716. The zero-order valence-corrected chi connectivity index (χ0v) is 14.2. The van der Waals surface area contributed by atoms with E-state index in [1.165, 1.54) is 6.07 Å². The Morgan fingerprint density at radius 1 is 1.32 bits per heavy atom. The summed E-state index contributed by atoms with van der Waals surface area (Å²) in [6.07, 6.45) is 2.17. The fourth-order valence-electron chi connectivity index (χ4n) is 2.79. The van der Waals surface area contributed by atoms with Crippen molar-refractivity contribution in [3.05, 3.63) is 53.6 Å². The second-order valence-electron chi connectivity index (χ2n) is 6.09. The molecule has 1 aromatic carbocycles. The van der Waals surface area contributed by atoms with Crippen molar-refractivity contribution in [2.45, 2.75) is 13.5 Å². The van der Waals surface area contributed by atoms with E-state index >= 15 is 0 Å². The first-order valence-corrected chi connectivity index (χ1v) is 8.31. The van der Waals surface area contributed by atoms with Gasteiger partial charge in [-0.3, -0.25) is 20.1 Å². The summed E-state index contributed by atoms with van der Waals surface area (Å²) in [6, 6.07) is 8.49. The molecule has 0 aliphatic carbocycles. The van der Waals surface area contributed by atoms with Crippen LogP contribution in [0.25, 0.3) is 0 Å². The van der Waals surface area contributed by atoms with E-state index in [1.807, 2.05) is 13.0 Å². The Morgan fingerprint density at radius 2 is 2.12 bits per heavy atom. The monoisotopic (exact) mass is 343 g/mol. The van der Waals surface area contributed by atoms with Gasteiger partial charge in [0, 0.05) is 38.4 Å². The third-order valence-electron chi connectivity index (χ3n) is 4.15. The predicted octanol–water partition coefficient (Wildman–Crippen LogP) is 1.92. The smallest absolute Gasteiger partial charge is 0.232 e. The Balaban J connectivity index is 1.77. The van der Waals surface area contributed by atoms with Crippen LogP contribution >= 0.6 is 0 Å². The minimum Gasteiger partial charge on any atom is -0.314 e. The lowest BCUT2D eigenvalue weighted by atomic mass is 10.1. The van der Waals surface area contributed by atoms with E-state index in [9.17, 15) is 9.18 Å². The first kappa shape index (κ1) is 17.3. The third kappa shape index (κ3) is 4.52. The van der Waals surface area contributed by atoms with Crippen molar-refractivity contribution in [1.82, 2.24) is 15.2 Å². The number of nitrogens with one attached hydrogen (secondary N) is 2. The van der Waals surface area contributed by atoms with Gasteiger partial charge in [0.25, 0.3) is 0 Å². The molecule has 1 saturated heterocycles. The van der Waals surface area contributed by atoms with Crippen molar-refractivity contribution in [3.8, 4) is 0 Å². The van der Waals surface area contributed by atoms with Crippen molar-refractivity contribution >= 4 is 17.8 Å². The molecule has 7 heteroatoms. The van der Waals surface area contributed by atoms with Crippen LogP contribution in [0.4, 0.5) is 15.8 Å². The highest BCUT2D eigenvalue weighted by atomic mass is 19.1. The van der Waals surface area contributed by atoms with Gasteiger partial charge in [0.05, 0.1) is 11.9 Å². The topological polar surface area (TPSA) is 60.5 Å². The van der Waals surface area contributed by atoms with Gasteiger partial charge in [0.1, 0.15) is 11.5 Å². The van der Waals surface area contributed by atoms with Crippen LogP contribution in [0.15, 0.2) is 36.5 Å². The van der Waals surface area contributed by atoms with Gasteiger partial charge in [-0.15, -0.1) is 0 Å². The summed E-state index contributed by atoms with van der Waals surface area (Å²) in [7, 11) is 0. The average Bonchev–Trinajstić information content (AvgIpc) is 2.64. The van der Waals surface area contributed by atoms with Gasteiger partial charge in [0.2, 0.25) is 6.41 Å². The normalized spacial score (nSPS) is 15.0. The Morgan fingerprint density at radius 3 is 2.80 bits per heavy atom. The molecular weight excluding hydrogens is 321 g/mol. The quantitative estimate of drug-likeness (QED) is 0.620. The number of aromatic nitrogens is 1. The molecule has 1 amide bonds. The van der Waals surface area contributed by atoms with Gasteiger partial charge in [-0.05, 0) is 36.8 Å². The fraction of sp³-hybridized carbons (Fsp3) is 0.333. The van der Waals surface area contributed by atoms with Crippen molar-refractivity contribution in [2.24, 2.45) is 0 Å². The van der Waals surface area contributed by atoms with Gasteiger partial charge < -0.3 is 5.32 Å². The van der Waals surface area contributed by atoms with Crippen LogP contribution in [0.3, 0.4) is 0 Å². The fourth-order valence-corrected chi connectivity index (χ4v) is 2.79. The van der Waals surface area contributed by atoms with E-state index < -0.39 is 5.82 Å². The zero-order valence-electron chi connectivity index (χ0n) is 14.2. The van der Waals surface area contributed by atoms with Crippen LogP contribution in [-0.2, 0) is 11.3 Å². The number of halogens is 1. The van der Waals surface area contributed by atoms with Crippen LogP contribution < -0.4 is 15.8 Å². The number of pyridine rings is 1. The maximum absolute atomic E-state index is 14.3. The SMILES string of the molecule is Cc1ccc(NN(C=O)c2cc(CN3CCNCC3)ccc2F)cn1. The lowest BCUT2D eigenvalue weighted by molar-refractivity contribution is -0.107. The number of piperazine rings is 1. The summed E-state index contributed by atoms with van der Waals surface area (Å²) in [5, 5.41) is 4.45. The Hall–Kier alpha value is -2.51. The lowest BCUT2D eigenvalue weighted by Crippen LogP contribution is -2.42. The number of amides is 1. The molecule has 1 aliphatic heterocycles. The van der Waals surface area contributed by atoms with Gasteiger partial charge in [-0.1, -0.05) is 6.07 Å². The molecule has 1 fully saturated rings. The Kier molecular flexibility index (Phi) is 5.57. The molecule has 0 atom stereocenters. The second kappa shape index (κ2) is 8.04. The number of aryl methyl sites for hydroxylation is 1. The van der Waals surface area contributed by atoms with E-state index in [0.29, 0.717) is 12.1 Å². The molecule has 132 valence electrons. The molecule has 0 saturated carbocycles. The lowest BCUT2D eigenvalue weighted by Gasteiger charge is -2.27. The molecular formula is C18H22FN5O. The molecule has 1 aromatic heterocycles. The third-order valence-corrected chi connectivity index (χ3v) is 4.15. The summed E-state index contributed by atoms with van der Waals surface area (Å²) in [5.74, 6) is -0.455. The Labute approximate surface area is 146 Å². The standard InChI is InChI=1S/C18H22FN5O/c1-14-2-4-16(11-21-14)22-24(13-25)18-10-15(3-5-17(18)19)12-23-8-6-20-7-9-23/h2-5,10-11,13,20,22H,6-9,12H2,1H3. The van der Waals surface area contributed by atoms with Crippen molar-refractivity contribution in [1.29, 1.82) is 0 Å². The van der Waals surface area contributed by atoms with Gasteiger partial charge in [0.15, 0.2) is 0 Å². The van der Waals surface area contributed by atoms with Crippen LogP contribution in [-0.4, -0.2) is 42.5 Å². The first-order chi connectivity index (χ1) is 12.2. The molecule has 2 heterocycles. The van der Waals surface area contributed by atoms with Crippen LogP contribution in [0.1, 0.15) is 11.3 Å². The van der Waals surface area contributed by atoms with E-state index in [4.69, 9.17) is 0 Å². The summed E-state index contributed by atoms with van der Waals surface area (Å²) >= 11 is 0. The molecule has 25 heavy (non-hydrogen) atoms. The van der Waals surface area contributed by atoms with Crippen LogP contribution in [0, 0.1) is 12.7 Å². The number of hydrogen-bond acceptors (Lipinski definition) is 5. The van der Waals surface area contributed by atoms with Crippen molar-refractivity contribution in [2.75, 3.05) is 36.6 Å². The summed E-state index contributed by atoms with van der Waals surface area (Å²) in [6.45, 7) is 6.43. The van der Waals surface area contributed by atoms with Crippen molar-refractivity contribution in [3.63, 3.8) is 0 Å². The highest BCUT2D eigenvalue weighted by Crippen LogP contribution is 2.22. The van der Waals surface area contributed by atoms with Gasteiger partial charge in [-0.2, -0.15) is 0 Å². The van der Waals surface area contributed by atoms with Gasteiger partial charge >= 0.3 is 0 Å². The molecule has 2 aromatic rings. The van der Waals surface area contributed by atoms with Crippen LogP contribution in [0.5, 0.6) is 0 Å². The zero-order chi connectivity index (χ0) is 17.6. The first-order valence-electron chi connectivity index (χ1n) is 8.31. The minimum atomic E-state index is -0.455. The van der Waals surface area contributed by atoms with Crippen molar-refractivity contribution < 1.29 is 9.18 Å². The highest BCUT2D eigenvalue weighted by molar-refractivity contribution is 5.79. The molecule has 0 bridgehead atoms. The number of hydrazine groups is 1. The average molecular weight is 343 g/mol. The number of nitrogens with zero attached hydrogens (tertiary/aromatic N) is 3. The van der Waals surface area contributed by atoms with E-state index in [1.54, 1.807) is 24.4 Å². The second-order valence-corrected chi connectivity index (χ2v) is 6.09. The number of rotatable bonds is 6. The minimum absolute atomic E-state index is 0.197. The molecule has 3 rings (SSSR count). The van der Waals surface area contributed by atoms with E-state index in [0.717, 1.165) is 49.0 Å². The number of carbonyl (C=O) groups is 1. The number of anilines is 2. The number of carbonyl (C=O) groups excluding carboxylic acids is 1. The molecule has 0 unspecified atom stereocenters. The maximum atomic E-state index is 14.3. The highest BCUT2D eigenvalue weighted by Gasteiger charge is 2.15. The maximum Gasteiger partial charge on any atom is 0.232 e. The molecule has 2 N–H and O–H groups in total. The molecule has 6 nitrogen and oxygen atoms in total. The summed E-state index contributed by atoms with van der Waals surface area (Å²) < 4.78 is 14.3. The summed E-state index contributed by atoms with van der Waals surface area (Å²) in [5.41, 5.74) is 5.53. The van der Waals surface area contributed by atoms with Gasteiger partial charge in [-0.25, -0.2) is 9.40 Å². The number of benzene rings is 1. The molecule has 0 radical (unpaired) electrons. The summed E-state index contributed by atoms with van der Waals surface area (Å²) in [4.78, 5) is 18.0. The van der Waals surface area contributed by atoms with E-state index in [2.05, 4.69) is 20.6 Å². The van der Waals surface area contributed by atoms with E-state index in [-0.39, 0.29) is 5.69 Å². The largest absolute Gasteiger partial charge is 0.314 e.